The average Bonchev–Trinajstić information content (AvgIpc) is 3.32. The zero-order chi connectivity index (χ0) is 27.6. The number of nitrogens with two attached hydrogens (primary N) is 1. The largest absolute Gasteiger partial charge is 0.348 e. The van der Waals surface area contributed by atoms with Crippen LogP contribution in [0.4, 0.5) is 17.1 Å². The number of nitrogens with zero attached hydrogens (tertiary/aromatic N) is 10. The van der Waals surface area contributed by atoms with E-state index in [1.165, 1.54) is 0 Å². The van der Waals surface area contributed by atoms with E-state index in [9.17, 15) is 0 Å². The highest BCUT2D eigenvalue weighted by atomic mass is 16.6. The van der Waals surface area contributed by atoms with Crippen LogP contribution < -0.4 is 21.4 Å². The van der Waals surface area contributed by atoms with Crippen molar-refractivity contribution in [3.63, 3.8) is 0 Å². The Balaban J connectivity index is 1.60. The molecule has 1 aliphatic heterocycles. The van der Waals surface area contributed by atoms with E-state index >= 15 is 0 Å². The number of azide groups is 3. The van der Waals surface area contributed by atoms with Crippen LogP contribution in [-0.4, -0.2) is 32.0 Å². The van der Waals surface area contributed by atoms with Gasteiger partial charge in [-0.1, -0.05) is 53.3 Å². The molecule has 4 rings (SSSR count). The molecule has 1 saturated carbocycles. The molecule has 5 atom stereocenters. The number of anilines is 3. The topological polar surface area (TPSA) is 209 Å². The monoisotopic (exact) mass is 531 g/mol. The Kier molecular flexibility index (Phi) is 9.58. The molecule has 1 heterocycles. The molecular weight excluding hydrogens is 498 g/mol. The van der Waals surface area contributed by atoms with Gasteiger partial charge in [0.05, 0.1) is 17.9 Å². The fourth-order valence-electron chi connectivity index (χ4n) is 5.46. The van der Waals surface area contributed by atoms with E-state index in [1.807, 2.05) is 49.4 Å². The maximum absolute atomic E-state index is 8.81. The first kappa shape index (κ1) is 27.7. The minimum Gasteiger partial charge on any atom is -0.348 e. The van der Waals surface area contributed by atoms with Crippen LogP contribution >= 0.6 is 0 Å². The van der Waals surface area contributed by atoms with Crippen molar-refractivity contribution in [2.24, 2.45) is 27.2 Å². The second kappa shape index (κ2) is 13.5. The van der Waals surface area contributed by atoms with Crippen molar-refractivity contribution in [2.45, 2.75) is 57.0 Å². The molecule has 14 heteroatoms. The summed E-state index contributed by atoms with van der Waals surface area (Å²) in [6.07, 6.45) is 3.26. The van der Waals surface area contributed by atoms with Crippen LogP contribution in [0.25, 0.3) is 31.3 Å². The van der Waals surface area contributed by atoms with E-state index in [-0.39, 0.29) is 24.8 Å². The lowest BCUT2D eigenvalue weighted by Crippen LogP contribution is -2.49. The molecule has 0 bridgehead atoms. The normalized spacial score (nSPS) is 21.3. The number of fused-ring (bicyclic) bond motifs is 1. The van der Waals surface area contributed by atoms with E-state index in [0.717, 1.165) is 53.9 Å². The predicted octanol–water partition coefficient (Wildman–Crippen LogP) is 6.84. The number of nitrogens with one attached hydrogen (secondary N) is 2. The highest BCUT2D eigenvalue weighted by Crippen LogP contribution is 2.42. The van der Waals surface area contributed by atoms with Gasteiger partial charge in [0.1, 0.15) is 6.10 Å². The summed E-state index contributed by atoms with van der Waals surface area (Å²) in [7, 11) is 0. The van der Waals surface area contributed by atoms with Crippen molar-refractivity contribution < 1.29 is 4.84 Å². The maximum Gasteiger partial charge on any atom is 0.176 e. The van der Waals surface area contributed by atoms with Crippen LogP contribution in [0, 0.1) is 5.92 Å². The minimum absolute atomic E-state index is 0.0886. The zero-order valence-corrected chi connectivity index (χ0v) is 21.8. The molecule has 14 nitrogen and oxygen atoms in total. The Bertz CT molecular complexity index is 1270. The maximum atomic E-state index is 8.81. The molecule has 0 spiro atoms. The van der Waals surface area contributed by atoms with Crippen LogP contribution in [0.5, 0.6) is 0 Å². The van der Waals surface area contributed by atoms with Gasteiger partial charge >= 0.3 is 0 Å². The van der Waals surface area contributed by atoms with E-state index in [0.29, 0.717) is 19.0 Å². The molecule has 2 aliphatic rings. The Morgan fingerprint density at radius 3 is 2.46 bits per heavy atom. The van der Waals surface area contributed by atoms with E-state index in [1.54, 1.807) is 0 Å². The summed E-state index contributed by atoms with van der Waals surface area (Å²) in [6.45, 7) is 3.03. The average molecular weight is 532 g/mol. The van der Waals surface area contributed by atoms with Crippen molar-refractivity contribution in [2.75, 3.05) is 35.2 Å². The lowest BCUT2D eigenvalue weighted by atomic mass is 9.85. The van der Waals surface area contributed by atoms with Crippen LogP contribution in [0.3, 0.4) is 0 Å². The fraction of sp³-hybridized carbons (Fsp3) is 0.520. The van der Waals surface area contributed by atoms with Crippen LogP contribution in [0.15, 0.2) is 57.8 Å². The highest BCUT2D eigenvalue weighted by Gasteiger charge is 2.37. The molecule has 204 valence electrons. The molecular formula is C25H33N13O. The Labute approximate surface area is 226 Å². The van der Waals surface area contributed by atoms with Gasteiger partial charge in [0, 0.05) is 39.6 Å². The second-order valence-electron chi connectivity index (χ2n) is 9.95. The van der Waals surface area contributed by atoms with Gasteiger partial charge in [-0.3, -0.25) is 4.84 Å². The third-order valence-electron chi connectivity index (χ3n) is 7.47. The zero-order valence-electron chi connectivity index (χ0n) is 21.8. The SMILES string of the molecule is CC(CN=[N+]=[N-])c1ccc(NC2Nc3cc(C(CN=[N+]=[N-])ON)ccc3N2[C@H]2CCC[C@@H](CN=[N+]=[N-])C2)cc1. The summed E-state index contributed by atoms with van der Waals surface area (Å²) in [5.41, 5.74) is 31.0. The third kappa shape index (κ3) is 6.77. The molecule has 0 saturated heterocycles. The van der Waals surface area contributed by atoms with E-state index < -0.39 is 6.10 Å². The van der Waals surface area contributed by atoms with Gasteiger partial charge in [-0.05, 0) is 76.7 Å². The molecule has 0 radical (unpaired) electrons. The summed E-state index contributed by atoms with van der Waals surface area (Å²) >= 11 is 0. The second-order valence-corrected chi connectivity index (χ2v) is 9.95. The third-order valence-corrected chi connectivity index (χ3v) is 7.47. The molecule has 4 N–H and O–H groups in total. The molecule has 3 unspecified atom stereocenters. The van der Waals surface area contributed by atoms with Gasteiger partial charge < -0.3 is 15.5 Å². The number of benzene rings is 2. The van der Waals surface area contributed by atoms with Gasteiger partial charge in [0.15, 0.2) is 6.29 Å². The molecule has 39 heavy (non-hydrogen) atoms. The first-order valence-corrected chi connectivity index (χ1v) is 13.0. The fourth-order valence-corrected chi connectivity index (χ4v) is 5.46. The number of hydrogen-bond donors (Lipinski definition) is 3. The van der Waals surface area contributed by atoms with Crippen molar-refractivity contribution in [3.05, 3.63) is 84.9 Å². The summed E-state index contributed by atoms with van der Waals surface area (Å²) in [4.78, 5) is 16.1. The summed E-state index contributed by atoms with van der Waals surface area (Å²) in [5, 5.41) is 18.4. The van der Waals surface area contributed by atoms with Gasteiger partial charge in [-0.2, -0.15) is 0 Å². The summed E-state index contributed by atoms with van der Waals surface area (Å²) in [5.74, 6) is 5.95. The molecule has 2 aromatic rings. The van der Waals surface area contributed by atoms with E-state index in [2.05, 4.69) is 45.6 Å². The summed E-state index contributed by atoms with van der Waals surface area (Å²) < 4.78 is 0. The van der Waals surface area contributed by atoms with Crippen LogP contribution in [0.2, 0.25) is 0 Å². The van der Waals surface area contributed by atoms with E-state index in [4.69, 9.17) is 27.3 Å². The van der Waals surface area contributed by atoms with Crippen molar-refractivity contribution >= 4 is 17.1 Å². The minimum atomic E-state index is -0.559. The molecule has 1 aliphatic carbocycles. The smallest absolute Gasteiger partial charge is 0.176 e. The van der Waals surface area contributed by atoms with Crippen molar-refractivity contribution in [1.29, 1.82) is 0 Å². The Hall–Kier alpha value is -4.31. The first-order valence-electron chi connectivity index (χ1n) is 13.0. The number of hydrogen-bond acceptors (Lipinski definition) is 8. The van der Waals surface area contributed by atoms with Gasteiger partial charge in [-0.25, -0.2) is 5.90 Å². The standard InChI is InChI=1S/C25H33N13O/c1-16(13-30-35-26)18-5-8-20(9-6-18)33-25-34-22-12-19(24(39-29)15-32-37-28)7-10-23(22)38(25)21-4-2-3-17(11-21)14-31-36-27/h5-10,12,16-17,21,24-25,33-34H,2-4,11,13-15,29H2,1H3/t16?,17-,21+,24?,25?/m1/s1. The number of rotatable bonds is 12. The Morgan fingerprint density at radius 1 is 1.03 bits per heavy atom. The molecule has 2 aromatic carbocycles. The van der Waals surface area contributed by atoms with Gasteiger partial charge in [-0.15, -0.1) is 0 Å². The van der Waals surface area contributed by atoms with Gasteiger partial charge in [0.25, 0.3) is 0 Å². The van der Waals surface area contributed by atoms with Crippen molar-refractivity contribution in [1.82, 2.24) is 0 Å². The van der Waals surface area contributed by atoms with Crippen LogP contribution in [-0.2, 0) is 4.84 Å². The molecule has 1 fully saturated rings. The molecule has 0 aromatic heterocycles. The quantitative estimate of drug-likeness (QED) is 0.116. The molecule has 0 amide bonds. The van der Waals surface area contributed by atoms with Crippen LogP contribution in [0.1, 0.15) is 55.8 Å². The summed E-state index contributed by atoms with van der Waals surface area (Å²) in [6, 6.07) is 14.3. The lowest BCUT2D eigenvalue weighted by Gasteiger charge is -2.40. The lowest BCUT2D eigenvalue weighted by molar-refractivity contribution is 0.0591. The highest BCUT2D eigenvalue weighted by molar-refractivity contribution is 5.78. The first-order chi connectivity index (χ1) is 19.1. The van der Waals surface area contributed by atoms with Crippen molar-refractivity contribution in [3.8, 4) is 0 Å². The predicted molar refractivity (Wildman–Crippen MR) is 151 cm³/mol. The Morgan fingerprint density at radius 2 is 1.74 bits per heavy atom. The van der Waals surface area contributed by atoms with Gasteiger partial charge in [0.2, 0.25) is 0 Å².